The molecule has 110 valence electrons. The topological polar surface area (TPSA) is 66.7 Å². The lowest BCUT2D eigenvalue weighted by Crippen LogP contribution is -2.17. The molecule has 3 aromatic heterocycles. The van der Waals surface area contributed by atoms with E-state index < -0.39 is 0 Å². The first-order chi connectivity index (χ1) is 10.1. The van der Waals surface area contributed by atoms with Crippen LogP contribution in [-0.4, -0.2) is 15.2 Å². The Labute approximate surface area is 127 Å². The van der Waals surface area contributed by atoms with Crippen molar-refractivity contribution in [3.63, 3.8) is 0 Å². The molecule has 0 aromatic carbocycles. The van der Waals surface area contributed by atoms with Crippen LogP contribution in [-0.2, 0) is 6.54 Å². The number of aryl methyl sites for hydroxylation is 2. The zero-order chi connectivity index (χ0) is 14.8. The first kappa shape index (κ1) is 14.0. The van der Waals surface area contributed by atoms with Gasteiger partial charge in [0.25, 0.3) is 0 Å². The summed E-state index contributed by atoms with van der Waals surface area (Å²) in [6.45, 7) is 6.84. The minimum Gasteiger partial charge on any atom is -0.460 e. The molecule has 3 rings (SSSR count). The monoisotopic (exact) mass is 302 g/mol. The molecule has 0 amide bonds. The molecule has 2 N–H and O–H groups in total. The van der Waals surface area contributed by atoms with Gasteiger partial charge in [-0.05, 0) is 32.9 Å². The zero-order valence-corrected chi connectivity index (χ0v) is 13.1. The maximum Gasteiger partial charge on any atom is 0.152 e. The zero-order valence-electron chi connectivity index (χ0n) is 12.3. The average molecular weight is 302 g/mol. The van der Waals surface area contributed by atoms with Gasteiger partial charge in [0.2, 0.25) is 0 Å². The highest BCUT2D eigenvalue weighted by atomic mass is 32.1. The predicted molar refractivity (Wildman–Crippen MR) is 83.1 cm³/mol. The third kappa shape index (κ3) is 3.06. The number of nitrogens with zero attached hydrogens (tertiary/aromatic N) is 2. The van der Waals surface area contributed by atoms with Crippen molar-refractivity contribution in [2.75, 3.05) is 0 Å². The summed E-state index contributed by atoms with van der Waals surface area (Å²) in [5, 5.41) is 11.7. The van der Waals surface area contributed by atoms with Crippen LogP contribution >= 0.6 is 11.3 Å². The second-order valence-corrected chi connectivity index (χ2v) is 6.36. The third-order valence-electron chi connectivity index (χ3n) is 3.31. The minimum absolute atomic E-state index is 0.213. The van der Waals surface area contributed by atoms with Gasteiger partial charge >= 0.3 is 0 Å². The lowest BCUT2D eigenvalue weighted by atomic mass is 10.2. The Bertz CT molecular complexity index is 727. The highest BCUT2D eigenvalue weighted by Gasteiger charge is 2.14. The molecule has 0 radical (unpaired) electrons. The van der Waals surface area contributed by atoms with Gasteiger partial charge in [-0.1, -0.05) is 0 Å². The smallest absolute Gasteiger partial charge is 0.152 e. The Morgan fingerprint density at radius 2 is 2.19 bits per heavy atom. The van der Waals surface area contributed by atoms with Gasteiger partial charge < -0.3 is 9.73 Å². The van der Waals surface area contributed by atoms with Crippen molar-refractivity contribution < 1.29 is 4.42 Å². The van der Waals surface area contributed by atoms with Crippen LogP contribution in [0.2, 0.25) is 0 Å². The van der Waals surface area contributed by atoms with Crippen LogP contribution in [0.3, 0.4) is 0 Å². The van der Waals surface area contributed by atoms with E-state index in [1.54, 1.807) is 11.3 Å². The molecule has 21 heavy (non-hydrogen) atoms. The molecule has 0 bridgehead atoms. The van der Waals surface area contributed by atoms with Gasteiger partial charge in [0.15, 0.2) is 5.76 Å². The minimum atomic E-state index is 0.213. The Hall–Kier alpha value is -1.92. The highest BCUT2D eigenvalue weighted by Crippen LogP contribution is 2.24. The lowest BCUT2D eigenvalue weighted by Gasteiger charge is -2.10. The molecule has 1 unspecified atom stereocenters. The van der Waals surface area contributed by atoms with Gasteiger partial charge in [-0.3, -0.25) is 5.10 Å². The Morgan fingerprint density at radius 3 is 2.86 bits per heavy atom. The molecule has 0 spiro atoms. The van der Waals surface area contributed by atoms with Crippen molar-refractivity contribution in [3.05, 3.63) is 45.7 Å². The van der Waals surface area contributed by atoms with Crippen LogP contribution in [0.1, 0.15) is 34.2 Å². The normalized spacial score (nSPS) is 12.7. The Morgan fingerprint density at radius 1 is 1.33 bits per heavy atom. The number of aromatic nitrogens is 3. The lowest BCUT2D eigenvalue weighted by molar-refractivity contribution is 0.542. The fraction of sp³-hybridized carbons (Fsp3) is 0.333. The van der Waals surface area contributed by atoms with E-state index in [4.69, 9.17) is 4.42 Å². The SMILES string of the molecule is Cc1ccc(-c2[nH]ncc2CNC(C)c2ncc(C)s2)o1. The summed E-state index contributed by atoms with van der Waals surface area (Å²) < 4.78 is 5.65. The number of furan rings is 1. The first-order valence-corrected chi connectivity index (χ1v) is 7.70. The molecule has 0 aliphatic heterocycles. The molecule has 3 heterocycles. The highest BCUT2D eigenvalue weighted by molar-refractivity contribution is 7.11. The summed E-state index contributed by atoms with van der Waals surface area (Å²) in [5.74, 6) is 1.71. The van der Waals surface area contributed by atoms with Crippen molar-refractivity contribution in [3.8, 4) is 11.5 Å². The van der Waals surface area contributed by atoms with Gasteiger partial charge in [0, 0.05) is 23.2 Å². The summed E-state index contributed by atoms with van der Waals surface area (Å²) in [6, 6.07) is 4.12. The standard InChI is InChI=1S/C15H18N4OS/c1-9-4-5-13(20-9)14-12(8-18-19-14)7-16-11(3)15-17-6-10(2)21-15/h4-6,8,11,16H,7H2,1-3H3,(H,18,19). The number of rotatable bonds is 5. The number of hydrogen-bond donors (Lipinski definition) is 2. The summed E-state index contributed by atoms with van der Waals surface area (Å²) in [5.41, 5.74) is 2.02. The van der Waals surface area contributed by atoms with Crippen LogP contribution in [0.4, 0.5) is 0 Å². The average Bonchev–Trinajstić information content (AvgIpc) is 3.16. The van der Waals surface area contributed by atoms with Gasteiger partial charge in [0.1, 0.15) is 16.5 Å². The van der Waals surface area contributed by atoms with Gasteiger partial charge in [-0.25, -0.2) is 4.98 Å². The maximum absolute atomic E-state index is 5.65. The van der Waals surface area contributed by atoms with E-state index in [1.807, 2.05) is 31.5 Å². The number of thiazole rings is 1. The van der Waals surface area contributed by atoms with Gasteiger partial charge in [-0.15, -0.1) is 11.3 Å². The van der Waals surface area contributed by atoms with E-state index in [2.05, 4.69) is 34.3 Å². The Kier molecular flexibility index (Phi) is 3.90. The van der Waals surface area contributed by atoms with Crippen LogP contribution in [0, 0.1) is 13.8 Å². The molecule has 0 aliphatic carbocycles. The van der Waals surface area contributed by atoms with E-state index in [9.17, 15) is 0 Å². The Balaban J connectivity index is 1.70. The van der Waals surface area contributed by atoms with E-state index in [0.717, 1.165) is 27.8 Å². The molecule has 0 saturated heterocycles. The molecule has 3 aromatic rings. The van der Waals surface area contributed by atoms with Crippen molar-refractivity contribution in [2.45, 2.75) is 33.4 Å². The van der Waals surface area contributed by atoms with Crippen LogP contribution < -0.4 is 5.32 Å². The van der Waals surface area contributed by atoms with E-state index >= 15 is 0 Å². The van der Waals surface area contributed by atoms with Crippen LogP contribution in [0.25, 0.3) is 11.5 Å². The van der Waals surface area contributed by atoms with E-state index in [-0.39, 0.29) is 6.04 Å². The molecule has 0 fully saturated rings. The number of nitrogens with one attached hydrogen (secondary N) is 2. The predicted octanol–water partition coefficient (Wildman–Crippen LogP) is 3.59. The summed E-state index contributed by atoms with van der Waals surface area (Å²) in [6.07, 6.45) is 3.74. The van der Waals surface area contributed by atoms with Crippen molar-refractivity contribution >= 4 is 11.3 Å². The quantitative estimate of drug-likeness (QED) is 0.756. The molecule has 6 heteroatoms. The fourth-order valence-electron chi connectivity index (χ4n) is 2.15. The van der Waals surface area contributed by atoms with Crippen molar-refractivity contribution in [2.24, 2.45) is 0 Å². The first-order valence-electron chi connectivity index (χ1n) is 6.88. The largest absolute Gasteiger partial charge is 0.460 e. The summed E-state index contributed by atoms with van der Waals surface area (Å²) >= 11 is 1.72. The van der Waals surface area contributed by atoms with E-state index in [0.29, 0.717) is 6.54 Å². The molecule has 0 aliphatic rings. The molecular formula is C15H18N4OS. The number of H-pyrrole nitrogens is 1. The molecular weight excluding hydrogens is 284 g/mol. The van der Waals surface area contributed by atoms with E-state index in [1.165, 1.54) is 4.88 Å². The van der Waals surface area contributed by atoms with Crippen molar-refractivity contribution in [1.82, 2.24) is 20.5 Å². The number of aromatic amines is 1. The second-order valence-electron chi connectivity index (χ2n) is 5.09. The van der Waals surface area contributed by atoms with Crippen LogP contribution in [0.5, 0.6) is 0 Å². The number of hydrogen-bond acceptors (Lipinski definition) is 5. The maximum atomic E-state index is 5.65. The second kappa shape index (κ2) is 5.83. The fourth-order valence-corrected chi connectivity index (χ4v) is 2.95. The van der Waals surface area contributed by atoms with Gasteiger partial charge in [-0.2, -0.15) is 5.10 Å². The van der Waals surface area contributed by atoms with Gasteiger partial charge in [0.05, 0.1) is 12.2 Å². The molecule has 1 atom stereocenters. The molecule has 5 nitrogen and oxygen atoms in total. The summed E-state index contributed by atoms with van der Waals surface area (Å²) in [4.78, 5) is 5.64. The van der Waals surface area contributed by atoms with Crippen LogP contribution in [0.15, 0.2) is 28.9 Å². The third-order valence-corrected chi connectivity index (χ3v) is 4.41. The van der Waals surface area contributed by atoms with Crippen molar-refractivity contribution in [1.29, 1.82) is 0 Å². The molecule has 0 saturated carbocycles. The summed E-state index contributed by atoms with van der Waals surface area (Å²) in [7, 11) is 0.